The fourth-order valence-electron chi connectivity index (χ4n) is 3.53. The van der Waals surface area contributed by atoms with Gasteiger partial charge in [-0.05, 0) is 45.1 Å². The molecule has 0 aromatic heterocycles. The minimum atomic E-state index is -0.237. The van der Waals surface area contributed by atoms with Crippen LogP contribution >= 0.6 is 0 Å². The fraction of sp³-hybridized carbons (Fsp3) is 0.875. The lowest BCUT2D eigenvalue weighted by Gasteiger charge is -2.34. The number of carbonyl (C=O) groups is 2. The molecule has 1 atom stereocenters. The lowest BCUT2D eigenvalue weighted by molar-refractivity contribution is -0.119. The summed E-state index contributed by atoms with van der Waals surface area (Å²) in [4.78, 5) is 27.4. The summed E-state index contributed by atoms with van der Waals surface area (Å²) in [6.07, 6.45) is 6.05. The van der Waals surface area contributed by atoms with Crippen molar-refractivity contribution in [3.8, 4) is 0 Å². The minimum Gasteiger partial charge on any atom is -0.370 e. The summed E-state index contributed by atoms with van der Waals surface area (Å²) in [5.41, 5.74) is 5.23. The van der Waals surface area contributed by atoms with Gasteiger partial charge in [0.25, 0.3) is 0 Å². The average Bonchev–Trinajstić information content (AvgIpc) is 2.49. The molecule has 0 aliphatic carbocycles. The lowest BCUT2D eigenvalue weighted by atomic mass is 9.93. The highest BCUT2D eigenvalue weighted by Gasteiger charge is 2.24. The number of piperidine rings is 2. The van der Waals surface area contributed by atoms with Crippen LogP contribution in [-0.4, -0.2) is 60.5 Å². The van der Waals surface area contributed by atoms with Crippen LogP contribution in [0.2, 0.25) is 0 Å². The summed E-state index contributed by atoms with van der Waals surface area (Å²) in [5.74, 6) is 0.106. The Hall–Kier alpha value is -1.30. The molecule has 6 nitrogen and oxygen atoms in total. The lowest BCUT2D eigenvalue weighted by Crippen LogP contribution is -2.48. The Balaban J connectivity index is 1.62. The molecule has 0 unspecified atom stereocenters. The van der Waals surface area contributed by atoms with E-state index in [0.717, 1.165) is 39.0 Å². The van der Waals surface area contributed by atoms with Gasteiger partial charge in [-0.3, -0.25) is 9.69 Å². The van der Waals surface area contributed by atoms with Gasteiger partial charge in [-0.2, -0.15) is 0 Å². The second-order valence-electron chi connectivity index (χ2n) is 6.71. The molecule has 2 fully saturated rings. The monoisotopic (exact) mass is 310 g/mol. The van der Waals surface area contributed by atoms with Crippen LogP contribution < -0.4 is 11.1 Å². The molecule has 0 bridgehead atoms. The fourth-order valence-corrected chi connectivity index (χ4v) is 3.53. The van der Waals surface area contributed by atoms with Crippen molar-refractivity contribution in [3.63, 3.8) is 0 Å². The van der Waals surface area contributed by atoms with Crippen LogP contribution in [0.1, 0.15) is 45.4 Å². The standard InChI is InChI=1S/C16H30N4O2/c1-13-4-2-3-8-19(13)11-7-18-16(22)20-9-5-14(6-10-20)12-15(17)21/h13-14H,2-12H2,1H3,(H2,17,21)(H,18,22)/t13-/m1/s1. The molecular formula is C16H30N4O2. The van der Waals surface area contributed by atoms with Crippen molar-refractivity contribution in [2.45, 2.75) is 51.5 Å². The van der Waals surface area contributed by atoms with Crippen molar-refractivity contribution in [3.05, 3.63) is 0 Å². The van der Waals surface area contributed by atoms with Crippen LogP contribution in [0.3, 0.4) is 0 Å². The molecule has 0 aromatic carbocycles. The Morgan fingerprint density at radius 2 is 1.86 bits per heavy atom. The Labute approximate surface area is 133 Å². The van der Waals surface area contributed by atoms with Crippen molar-refractivity contribution in [1.29, 1.82) is 0 Å². The van der Waals surface area contributed by atoms with Gasteiger partial charge >= 0.3 is 6.03 Å². The number of hydrogen-bond acceptors (Lipinski definition) is 3. The summed E-state index contributed by atoms with van der Waals surface area (Å²) in [5, 5.41) is 3.03. The molecule has 0 radical (unpaired) electrons. The van der Waals surface area contributed by atoms with E-state index in [1.54, 1.807) is 0 Å². The predicted molar refractivity (Wildman–Crippen MR) is 86.4 cm³/mol. The quantitative estimate of drug-likeness (QED) is 0.800. The van der Waals surface area contributed by atoms with Gasteiger partial charge in [-0.1, -0.05) is 6.42 Å². The van der Waals surface area contributed by atoms with Crippen LogP contribution in [-0.2, 0) is 4.79 Å². The number of carbonyl (C=O) groups excluding carboxylic acids is 2. The molecule has 3 N–H and O–H groups in total. The normalized spacial score (nSPS) is 24.2. The van der Waals surface area contributed by atoms with E-state index in [1.165, 1.54) is 19.3 Å². The molecule has 126 valence electrons. The predicted octanol–water partition coefficient (Wildman–Crippen LogP) is 1.16. The van der Waals surface area contributed by atoms with Crippen molar-refractivity contribution < 1.29 is 9.59 Å². The summed E-state index contributed by atoms with van der Waals surface area (Å²) in [7, 11) is 0. The first-order valence-corrected chi connectivity index (χ1v) is 8.61. The van der Waals surface area contributed by atoms with Crippen molar-refractivity contribution in [2.24, 2.45) is 11.7 Å². The van der Waals surface area contributed by atoms with Gasteiger partial charge in [-0.15, -0.1) is 0 Å². The molecule has 2 rings (SSSR count). The number of nitrogens with two attached hydrogens (primary N) is 1. The van der Waals surface area contributed by atoms with Crippen molar-refractivity contribution in [1.82, 2.24) is 15.1 Å². The highest BCUT2D eigenvalue weighted by Crippen LogP contribution is 2.20. The smallest absolute Gasteiger partial charge is 0.317 e. The largest absolute Gasteiger partial charge is 0.370 e. The molecule has 0 aromatic rings. The molecule has 2 saturated heterocycles. The number of rotatable bonds is 5. The van der Waals surface area contributed by atoms with Gasteiger partial charge in [0.05, 0.1) is 0 Å². The van der Waals surface area contributed by atoms with Gasteiger partial charge < -0.3 is 16.0 Å². The van der Waals surface area contributed by atoms with Crippen molar-refractivity contribution >= 4 is 11.9 Å². The van der Waals surface area contributed by atoms with E-state index in [2.05, 4.69) is 17.1 Å². The summed E-state index contributed by atoms with van der Waals surface area (Å²) in [6, 6.07) is 0.664. The zero-order valence-electron chi connectivity index (χ0n) is 13.7. The van der Waals surface area contributed by atoms with E-state index in [1.807, 2.05) is 4.90 Å². The van der Waals surface area contributed by atoms with Crippen molar-refractivity contribution in [2.75, 3.05) is 32.7 Å². The van der Waals surface area contributed by atoms with Crippen LogP contribution in [0.4, 0.5) is 4.79 Å². The Morgan fingerprint density at radius 1 is 1.14 bits per heavy atom. The minimum absolute atomic E-state index is 0.0298. The van der Waals surface area contributed by atoms with Crippen LogP contribution in [0.15, 0.2) is 0 Å². The third kappa shape index (κ3) is 5.16. The molecule has 22 heavy (non-hydrogen) atoms. The molecular weight excluding hydrogens is 280 g/mol. The van der Waals surface area contributed by atoms with Crippen LogP contribution in [0.5, 0.6) is 0 Å². The van der Waals surface area contributed by atoms with E-state index in [4.69, 9.17) is 5.73 Å². The Bertz CT molecular complexity index is 380. The maximum absolute atomic E-state index is 12.2. The van der Waals surface area contributed by atoms with E-state index < -0.39 is 0 Å². The van der Waals surface area contributed by atoms with E-state index in [0.29, 0.717) is 24.9 Å². The zero-order valence-corrected chi connectivity index (χ0v) is 13.7. The first kappa shape index (κ1) is 17.1. The number of hydrogen-bond donors (Lipinski definition) is 2. The third-order valence-electron chi connectivity index (χ3n) is 5.01. The van der Waals surface area contributed by atoms with Gasteiger partial charge in [0.2, 0.25) is 5.91 Å². The maximum Gasteiger partial charge on any atom is 0.317 e. The van der Waals surface area contributed by atoms with Gasteiger partial charge in [0.1, 0.15) is 0 Å². The Kier molecular flexibility index (Phi) is 6.49. The second-order valence-corrected chi connectivity index (χ2v) is 6.71. The SMILES string of the molecule is C[C@@H]1CCCCN1CCNC(=O)N1CCC(CC(N)=O)CC1. The number of urea groups is 1. The summed E-state index contributed by atoms with van der Waals surface area (Å²) in [6.45, 7) is 6.52. The molecule has 0 spiro atoms. The van der Waals surface area contributed by atoms with E-state index in [9.17, 15) is 9.59 Å². The van der Waals surface area contributed by atoms with Crippen LogP contribution in [0, 0.1) is 5.92 Å². The van der Waals surface area contributed by atoms with Crippen LogP contribution in [0.25, 0.3) is 0 Å². The molecule has 2 heterocycles. The number of likely N-dealkylation sites (tertiary alicyclic amines) is 2. The zero-order chi connectivity index (χ0) is 15.9. The number of nitrogens with zero attached hydrogens (tertiary/aromatic N) is 2. The average molecular weight is 310 g/mol. The molecule has 0 saturated carbocycles. The van der Waals surface area contributed by atoms with Gasteiger partial charge in [0.15, 0.2) is 0 Å². The first-order chi connectivity index (χ1) is 10.6. The number of nitrogens with one attached hydrogen (secondary N) is 1. The first-order valence-electron chi connectivity index (χ1n) is 8.61. The van der Waals surface area contributed by atoms with Gasteiger partial charge in [0, 0.05) is 38.6 Å². The highest BCUT2D eigenvalue weighted by atomic mass is 16.2. The number of primary amides is 1. The summed E-state index contributed by atoms with van der Waals surface area (Å²) >= 11 is 0. The van der Waals surface area contributed by atoms with E-state index >= 15 is 0 Å². The molecule has 2 aliphatic rings. The number of amides is 3. The Morgan fingerprint density at radius 3 is 2.50 bits per heavy atom. The molecule has 3 amide bonds. The second kappa shape index (κ2) is 8.36. The topological polar surface area (TPSA) is 78.7 Å². The highest BCUT2D eigenvalue weighted by molar-refractivity contribution is 5.75. The third-order valence-corrected chi connectivity index (χ3v) is 5.01. The maximum atomic E-state index is 12.2. The summed E-state index contributed by atoms with van der Waals surface area (Å²) < 4.78 is 0. The molecule has 6 heteroatoms. The molecule has 2 aliphatic heterocycles. The van der Waals surface area contributed by atoms with Gasteiger partial charge in [-0.25, -0.2) is 4.79 Å². The van der Waals surface area contributed by atoms with E-state index in [-0.39, 0.29) is 11.9 Å².